The summed E-state index contributed by atoms with van der Waals surface area (Å²) in [5.41, 5.74) is 2.94. The fourth-order valence-corrected chi connectivity index (χ4v) is 1.97. The van der Waals surface area contributed by atoms with E-state index < -0.39 is 0 Å². The molecule has 6 nitrogen and oxygen atoms in total. The highest BCUT2D eigenvalue weighted by atomic mass is 15.4. The number of hydrogen-bond acceptors (Lipinski definition) is 4. The molecule has 0 saturated carbocycles. The number of H-pyrrole nitrogens is 1. The molecule has 1 aromatic carbocycles. The molecule has 1 N–H and O–H groups in total. The van der Waals surface area contributed by atoms with Crippen LogP contribution in [-0.2, 0) is 0 Å². The number of nitrogens with one attached hydrogen (secondary N) is 1. The van der Waals surface area contributed by atoms with E-state index in [-0.39, 0.29) is 0 Å². The van der Waals surface area contributed by atoms with Crippen molar-refractivity contribution in [1.82, 2.24) is 25.2 Å². The van der Waals surface area contributed by atoms with Crippen LogP contribution in [0.4, 0.5) is 5.82 Å². The second kappa shape index (κ2) is 5.08. The lowest BCUT2D eigenvalue weighted by molar-refractivity contribution is 0.795. The molecule has 3 aromatic rings. The Kier molecular flexibility index (Phi) is 3.12. The molecule has 0 fully saturated rings. The van der Waals surface area contributed by atoms with Crippen LogP contribution in [0.5, 0.6) is 0 Å². The first-order valence-corrected chi connectivity index (χ1v) is 6.27. The van der Waals surface area contributed by atoms with Crippen LogP contribution in [-0.4, -0.2) is 31.4 Å². The highest BCUT2D eigenvalue weighted by Gasteiger charge is 2.12. The summed E-state index contributed by atoms with van der Waals surface area (Å²) >= 11 is 0. The van der Waals surface area contributed by atoms with Crippen molar-refractivity contribution in [3.05, 3.63) is 53.3 Å². The molecule has 0 unspecified atom stereocenters. The number of aliphatic imine (C=N–C) groups is 1. The fraction of sp³-hybridized carbons (Fsp3) is 0.143. The monoisotopic (exact) mass is 266 g/mol. The molecular formula is C14H14N6. The topological polar surface area (TPSA) is 71.8 Å². The Hall–Kier alpha value is -2.76. The van der Waals surface area contributed by atoms with Gasteiger partial charge in [0.15, 0.2) is 0 Å². The van der Waals surface area contributed by atoms with Crippen molar-refractivity contribution in [3.8, 4) is 5.82 Å². The van der Waals surface area contributed by atoms with Crippen LogP contribution >= 0.6 is 0 Å². The Labute approximate surface area is 116 Å². The summed E-state index contributed by atoms with van der Waals surface area (Å²) in [4.78, 5) is 4.37. The number of benzene rings is 1. The average Bonchev–Trinajstić information content (AvgIpc) is 3.03. The van der Waals surface area contributed by atoms with E-state index >= 15 is 0 Å². The van der Waals surface area contributed by atoms with Crippen LogP contribution in [0.25, 0.3) is 5.82 Å². The molecule has 0 spiro atoms. The minimum Gasteiger partial charge on any atom is -0.232 e. The third-order valence-electron chi connectivity index (χ3n) is 2.86. The van der Waals surface area contributed by atoms with Gasteiger partial charge in [-0.3, -0.25) is 0 Å². The van der Waals surface area contributed by atoms with Gasteiger partial charge in [0.05, 0.1) is 5.69 Å². The van der Waals surface area contributed by atoms with E-state index in [4.69, 9.17) is 0 Å². The first-order valence-electron chi connectivity index (χ1n) is 6.27. The van der Waals surface area contributed by atoms with E-state index in [1.165, 1.54) is 0 Å². The molecule has 0 radical (unpaired) electrons. The summed E-state index contributed by atoms with van der Waals surface area (Å²) in [7, 11) is 0. The van der Waals surface area contributed by atoms with Crippen molar-refractivity contribution >= 4 is 12.0 Å². The zero-order chi connectivity index (χ0) is 13.9. The van der Waals surface area contributed by atoms with Gasteiger partial charge in [-0.05, 0) is 25.5 Å². The van der Waals surface area contributed by atoms with Gasteiger partial charge in [0.1, 0.15) is 0 Å². The van der Waals surface area contributed by atoms with Crippen LogP contribution in [0.3, 0.4) is 0 Å². The third-order valence-corrected chi connectivity index (χ3v) is 2.86. The molecule has 20 heavy (non-hydrogen) atoms. The van der Waals surface area contributed by atoms with Crippen molar-refractivity contribution in [2.45, 2.75) is 13.8 Å². The average molecular weight is 266 g/mol. The molecule has 2 heterocycles. The van der Waals surface area contributed by atoms with Gasteiger partial charge in [-0.25, -0.2) is 9.67 Å². The van der Waals surface area contributed by atoms with Crippen LogP contribution < -0.4 is 0 Å². The molecule has 3 rings (SSSR count). The third kappa shape index (κ3) is 2.35. The fourth-order valence-electron chi connectivity index (χ4n) is 1.97. The minimum absolute atomic E-state index is 0.514. The normalized spacial score (nSPS) is 11.3. The van der Waals surface area contributed by atoms with Crippen molar-refractivity contribution in [3.63, 3.8) is 0 Å². The maximum Gasteiger partial charge on any atom is 0.222 e. The van der Waals surface area contributed by atoms with Gasteiger partial charge >= 0.3 is 0 Å². The van der Waals surface area contributed by atoms with Crippen LogP contribution in [0.2, 0.25) is 0 Å². The van der Waals surface area contributed by atoms with E-state index in [0.717, 1.165) is 17.0 Å². The number of nitrogens with zero attached hydrogens (tertiary/aromatic N) is 5. The quantitative estimate of drug-likeness (QED) is 0.740. The van der Waals surface area contributed by atoms with E-state index in [2.05, 4.69) is 25.5 Å². The number of hydrogen-bond donors (Lipinski definition) is 1. The molecule has 0 aliphatic rings. The smallest absolute Gasteiger partial charge is 0.222 e. The molecule has 100 valence electrons. The lowest BCUT2D eigenvalue weighted by Crippen LogP contribution is -2.00. The van der Waals surface area contributed by atoms with Crippen LogP contribution in [0, 0.1) is 13.8 Å². The molecule has 0 amide bonds. The summed E-state index contributed by atoms with van der Waals surface area (Å²) in [6.07, 6.45) is 1.76. The Morgan fingerprint density at radius 3 is 2.65 bits per heavy atom. The first-order chi connectivity index (χ1) is 9.74. The number of aryl methyl sites for hydroxylation is 2. The largest absolute Gasteiger partial charge is 0.232 e. The minimum atomic E-state index is 0.514. The van der Waals surface area contributed by atoms with Gasteiger partial charge in [0.25, 0.3) is 0 Å². The first kappa shape index (κ1) is 12.3. The van der Waals surface area contributed by atoms with Gasteiger partial charge in [0.2, 0.25) is 11.6 Å². The molecule has 0 bridgehead atoms. The molecular weight excluding hydrogens is 252 g/mol. The summed E-state index contributed by atoms with van der Waals surface area (Å²) in [5, 5.41) is 15.2. The standard InChI is InChI=1S/C14H14N6/c1-10-8-11(2)20(18-10)14-13(16-19-17-14)15-9-12-6-4-3-5-7-12/h3-9H,1-2H3,(H,16,17,19). The summed E-state index contributed by atoms with van der Waals surface area (Å²) in [6, 6.07) is 11.8. The Morgan fingerprint density at radius 2 is 1.95 bits per heavy atom. The number of rotatable bonds is 3. The lowest BCUT2D eigenvalue weighted by Gasteiger charge is -1.99. The number of aromatic amines is 1. The second-order valence-electron chi connectivity index (χ2n) is 4.48. The molecule has 2 aromatic heterocycles. The summed E-state index contributed by atoms with van der Waals surface area (Å²) < 4.78 is 1.73. The SMILES string of the molecule is Cc1cc(C)n(-c2n[nH]nc2N=Cc2ccccc2)n1. The second-order valence-corrected chi connectivity index (χ2v) is 4.48. The Bertz CT molecular complexity index is 738. The molecule has 0 saturated heterocycles. The summed E-state index contributed by atoms with van der Waals surface area (Å²) in [5.74, 6) is 1.11. The maximum absolute atomic E-state index is 4.39. The van der Waals surface area contributed by atoms with Crippen LogP contribution in [0.15, 0.2) is 41.4 Å². The summed E-state index contributed by atoms with van der Waals surface area (Å²) in [6.45, 7) is 3.91. The van der Waals surface area contributed by atoms with E-state index in [1.807, 2.05) is 50.2 Å². The van der Waals surface area contributed by atoms with Crippen molar-refractivity contribution in [2.24, 2.45) is 4.99 Å². The van der Waals surface area contributed by atoms with Crippen molar-refractivity contribution < 1.29 is 0 Å². The predicted octanol–water partition coefficient (Wildman–Crippen LogP) is 2.36. The highest BCUT2D eigenvalue weighted by molar-refractivity contribution is 5.82. The zero-order valence-corrected chi connectivity index (χ0v) is 11.3. The molecule has 0 atom stereocenters. The van der Waals surface area contributed by atoms with Crippen molar-refractivity contribution in [1.29, 1.82) is 0 Å². The van der Waals surface area contributed by atoms with Crippen molar-refractivity contribution in [2.75, 3.05) is 0 Å². The Morgan fingerprint density at radius 1 is 1.15 bits per heavy atom. The Balaban J connectivity index is 1.95. The maximum atomic E-state index is 4.39. The lowest BCUT2D eigenvalue weighted by atomic mass is 10.2. The van der Waals surface area contributed by atoms with Gasteiger partial charge in [-0.1, -0.05) is 30.3 Å². The van der Waals surface area contributed by atoms with E-state index in [1.54, 1.807) is 10.9 Å². The van der Waals surface area contributed by atoms with Gasteiger partial charge in [0, 0.05) is 11.9 Å². The van der Waals surface area contributed by atoms with Gasteiger partial charge in [-0.2, -0.15) is 10.3 Å². The van der Waals surface area contributed by atoms with Gasteiger partial charge < -0.3 is 0 Å². The molecule has 0 aliphatic carbocycles. The molecule has 0 aliphatic heterocycles. The van der Waals surface area contributed by atoms with Gasteiger partial charge in [-0.15, -0.1) is 10.2 Å². The predicted molar refractivity (Wildman–Crippen MR) is 76.7 cm³/mol. The van der Waals surface area contributed by atoms with E-state index in [0.29, 0.717) is 11.6 Å². The molecule has 6 heteroatoms. The highest BCUT2D eigenvalue weighted by Crippen LogP contribution is 2.18. The van der Waals surface area contributed by atoms with Crippen LogP contribution in [0.1, 0.15) is 17.0 Å². The van der Waals surface area contributed by atoms with E-state index in [9.17, 15) is 0 Å². The number of aromatic nitrogens is 5. The zero-order valence-electron chi connectivity index (χ0n) is 11.3.